The van der Waals surface area contributed by atoms with Crippen molar-refractivity contribution < 1.29 is 23.9 Å². The van der Waals surface area contributed by atoms with Gasteiger partial charge in [0, 0.05) is 19.7 Å². The molecule has 2 aromatic rings. The number of nitrogens with one attached hydrogen (secondary N) is 1. The van der Waals surface area contributed by atoms with E-state index in [-0.39, 0.29) is 6.42 Å². The number of esters is 2. The van der Waals surface area contributed by atoms with Crippen molar-refractivity contribution in [3.05, 3.63) is 59.9 Å². The van der Waals surface area contributed by atoms with Gasteiger partial charge in [-0.1, -0.05) is 30.3 Å². The standard InChI is InChI=1S/C18H20N2O5/c1-20-10-6-9-15(20)18(23)25-12-16(21)19-14(17(22)24-2)11-13-7-4-3-5-8-13/h3-10,14H,11-12H2,1-2H3,(H,19,21)/t14-/m0/s1. The Hall–Kier alpha value is -3.09. The molecule has 1 N–H and O–H groups in total. The van der Waals surface area contributed by atoms with Crippen molar-refractivity contribution in [2.45, 2.75) is 12.5 Å². The number of aryl methyl sites for hydroxylation is 1. The number of carbonyl (C=O) groups excluding carboxylic acids is 3. The van der Waals surface area contributed by atoms with E-state index in [4.69, 9.17) is 9.47 Å². The first-order chi connectivity index (χ1) is 12.0. The molecule has 7 nitrogen and oxygen atoms in total. The van der Waals surface area contributed by atoms with Crippen LogP contribution in [0.4, 0.5) is 0 Å². The summed E-state index contributed by atoms with van der Waals surface area (Å²) in [6.45, 7) is -0.480. The summed E-state index contributed by atoms with van der Waals surface area (Å²) in [7, 11) is 2.95. The number of benzene rings is 1. The van der Waals surface area contributed by atoms with Crippen LogP contribution < -0.4 is 5.32 Å². The van der Waals surface area contributed by atoms with Gasteiger partial charge in [0.2, 0.25) is 0 Å². The molecule has 1 aromatic heterocycles. The number of hydrogen-bond acceptors (Lipinski definition) is 5. The number of ether oxygens (including phenoxy) is 2. The van der Waals surface area contributed by atoms with Gasteiger partial charge in [0.05, 0.1) is 7.11 Å². The van der Waals surface area contributed by atoms with Crippen LogP contribution in [0.1, 0.15) is 16.1 Å². The van der Waals surface area contributed by atoms with Gasteiger partial charge in [-0.25, -0.2) is 9.59 Å². The van der Waals surface area contributed by atoms with E-state index in [1.807, 2.05) is 30.3 Å². The predicted octanol–water partition coefficient (Wildman–Crippen LogP) is 1.08. The minimum Gasteiger partial charge on any atom is -0.467 e. The Bertz CT molecular complexity index is 739. The molecule has 0 radical (unpaired) electrons. The fraction of sp³-hybridized carbons (Fsp3) is 0.278. The Labute approximate surface area is 145 Å². The van der Waals surface area contributed by atoms with E-state index in [1.54, 1.807) is 29.9 Å². The molecule has 1 amide bonds. The lowest BCUT2D eigenvalue weighted by molar-refractivity contribution is -0.145. The molecule has 0 saturated heterocycles. The quantitative estimate of drug-likeness (QED) is 0.760. The molecule has 0 aliphatic heterocycles. The average Bonchev–Trinajstić information content (AvgIpc) is 3.05. The highest BCUT2D eigenvalue weighted by molar-refractivity contribution is 5.91. The Morgan fingerprint density at radius 1 is 1.12 bits per heavy atom. The Morgan fingerprint density at radius 2 is 1.84 bits per heavy atom. The fourth-order valence-corrected chi connectivity index (χ4v) is 2.30. The zero-order valence-electron chi connectivity index (χ0n) is 14.1. The second-order valence-electron chi connectivity index (χ2n) is 5.41. The van der Waals surface area contributed by atoms with Crippen LogP contribution in [0.5, 0.6) is 0 Å². The maximum Gasteiger partial charge on any atom is 0.355 e. The second-order valence-corrected chi connectivity index (χ2v) is 5.41. The van der Waals surface area contributed by atoms with E-state index < -0.39 is 30.5 Å². The van der Waals surface area contributed by atoms with Gasteiger partial charge in [-0.15, -0.1) is 0 Å². The first kappa shape index (κ1) is 18.3. The summed E-state index contributed by atoms with van der Waals surface area (Å²) in [6.07, 6.45) is 1.98. The first-order valence-corrected chi connectivity index (χ1v) is 7.71. The molecule has 0 aliphatic rings. The van der Waals surface area contributed by atoms with Gasteiger partial charge in [0.25, 0.3) is 5.91 Å². The summed E-state index contributed by atoms with van der Waals surface area (Å²) in [5.41, 5.74) is 1.21. The van der Waals surface area contributed by atoms with Crippen LogP contribution >= 0.6 is 0 Å². The highest BCUT2D eigenvalue weighted by atomic mass is 16.5. The summed E-state index contributed by atoms with van der Waals surface area (Å²) >= 11 is 0. The number of rotatable bonds is 7. The van der Waals surface area contributed by atoms with E-state index >= 15 is 0 Å². The molecule has 1 heterocycles. The van der Waals surface area contributed by atoms with Crippen LogP contribution in [0.25, 0.3) is 0 Å². The van der Waals surface area contributed by atoms with Crippen LogP contribution in [0.3, 0.4) is 0 Å². The Morgan fingerprint density at radius 3 is 2.44 bits per heavy atom. The molecule has 0 saturated carbocycles. The van der Waals surface area contributed by atoms with Gasteiger partial charge in [-0.05, 0) is 17.7 Å². The van der Waals surface area contributed by atoms with Crippen LogP contribution in [-0.2, 0) is 32.5 Å². The molecule has 1 aromatic carbocycles. The smallest absolute Gasteiger partial charge is 0.355 e. The van der Waals surface area contributed by atoms with Crippen LogP contribution in [-0.4, -0.2) is 42.2 Å². The zero-order chi connectivity index (χ0) is 18.2. The third-order valence-corrected chi connectivity index (χ3v) is 3.59. The van der Waals surface area contributed by atoms with Crippen LogP contribution in [0.15, 0.2) is 48.7 Å². The molecule has 25 heavy (non-hydrogen) atoms. The van der Waals surface area contributed by atoms with Gasteiger partial charge >= 0.3 is 11.9 Å². The summed E-state index contributed by atoms with van der Waals surface area (Å²) in [4.78, 5) is 35.8. The Kier molecular flexibility index (Phi) is 6.33. The summed E-state index contributed by atoms with van der Waals surface area (Å²) in [5.74, 6) is -1.75. The van der Waals surface area contributed by atoms with E-state index in [0.717, 1.165) is 5.56 Å². The number of carbonyl (C=O) groups is 3. The van der Waals surface area contributed by atoms with Crippen molar-refractivity contribution in [3.8, 4) is 0 Å². The molecule has 7 heteroatoms. The Balaban J connectivity index is 1.91. The molecule has 0 aliphatic carbocycles. The van der Waals surface area contributed by atoms with Gasteiger partial charge in [0.1, 0.15) is 11.7 Å². The van der Waals surface area contributed by atoms with E-state index in [2.05, 4.69) is 5.32 Å². The highest BCUT2D eigenvalue weighted by Gasteiger charge is 2.22. The number of methoxy groups -OCH3 is 1. The van der Waals surface area contributed by atoms with Crippen molar-refractivity contribution in [3.63, 3.8) is 0 Å². The van der Waals surface area contributed by atoms with Crippen LogP contribution in [0.2, 0.25) is 0 Å². The first-order valence-electron chi connectivity index (χ1n) is 7.71. The number of nitrogens with zero attached hydrogens (tertiary/aromatic N) is 1. The monoisotopic (exact) mass is 344 g/mol. The number of hydrogen-bond donors (Lipinski definition) is 1. The molecule has 2 rings (SSSR count). The average molecular weight is 344 g/mol. The fourth-order valence-electron chi connectivity index (χ4n) is 2.30. The maximum absolute atomic E-state index is 12.0. The highest BCUT2D eigenvalue weighted by Crippen LogP contribution is 2.05. The second kappa shape index (κ2) is 8.68. The third-order valence-electron chi connectivity index (χ3n) is 3.59. The molecule has 0 fully saturated rings. The maximum atomic E-state index is 12.0. The number of aromatic nitrogens is 1. The summed E-state index contributed by atoms with van der Waals surface area (Å²) in [5, 5.41) is 2.53. The summed E-state index contributed by atoms with van der Waals surface area (Å²) < 4.78 is 11.3. The topological polar surface area (TPSA) is 86.6 Å². The lowest BCUT2D eigenvalue weighted by Crippen LogP contribution is -2.44. The van der Waals surface area contributed by atoms with E-state index in [9.17, 15) is 14.4 Å². The van der Waals surface area contributed by atoms with Crippen molar-refractivity contribution in [2.75, 3.05) is 13.7 Å². The minimum absolute atomic E-state index is 0.283. The normalized spacial score (nSPS) is 11.4. The third kappa shape index (κ3) is 5.20. The lowest BCUT2D eigenvalue weighted by atomic mass is 10.1. The molecular formula is C18H20N2O5. The van der Waals surface area contributed by atoms with Crippen molar-refractivity contribution in [1.29, 1.82) is 0 Å². The molecule has 132 valence electrons. The van der Waals surface area contributed by atoms with E-state index in [1.165, 1.54) is 7.11 Å². The molecule has 0 unspecified atom stereocenters. The SMILES string of the molecule is COC(=O)[C@H](Cc1ccccc1)NC(=O)COC(=O)c1cccn1C. The summed E-state index contributed by atoms with van der Waals surface area (Å²) in [6, 6.07) is 11.7. The molecule has 1 atom stereocenters. The van der Waals surface area contributed by atoms with Gasteiger partial charge in [-0.3, -0.25) is 4.79 Å². The molecule has 0 bridgehead atoms. The number of amides is 1. The zero-order valence-corrected chi connectivity index (χ0v) is 14.1. The van der Waals surface area contributed by atoms with Crippen LogP contribution in [0, 0.1) is 0 Å². The lowest BCUT2D eigenvalue weighted by Gasteiger charge is -2.16. The van der Waals surface area contributed by atoms with Crippen molar-refractivity contribution >= 4 is 17.8 Å². The predicted molar refractivity (Wildman–Crippen MR) is 89.8 cm³/mol. The van der Waals surface area contributed by atoms with Gasteiger partial charge in [-0.2, -0.15) is 0 Å². The van der Waals surface area contributed by atoms with Gasteiger partial charge in [0.15, 0.2) is 6.61 Å². The molecular weight excluding hydrogens is 324 g/mol. The van der Waals surface area contributed by atoms with Crippen molar-refractivity contribution in [1.82, 2.24) is 9.88 Å². The van der Waals surface area contributed by atoms with E-state index in [0.29, 0.717) is 5.69 Å². The van der Waals surface area contributed by atoms with Gasteiger partial charge < -0.3 is 19.4 Å². The largest absolute Gasteiger partial charge is 0.467 e. The molecule has 0 spiro atoms. The van der Waals surface area contributed by atoms with Crippen molar-refractivity contribution in [2.24, 2.45) is 7.05 Å². The minimum atomic E-state index is -0.853.